The third-order valence-electron chi connectivity index (χ3n) is 4.27. The van der Waals surface area contributed by atoms with E-state index < -0.39 is 5.91 Å². The van der Waals surface area contributed by atoms with E-state index in [-0.39, 0.29) is 27.5 Å². The Bertz CT molecular complexity index is 1150. The lowest BCUT2D eigenvalue weighted by molar-refractivity contribution is 0.0937. The summed E-state index contributed by atoms with van der Waals surface area (Å²) in [4.78, 5) is 16.4. The van der Waals surface area contributed by atoms with Crippen molar-refractivity contribution in [2.75, 3.05) is 0 Å². The largest absolute Gasteiger partial charge is 0.505 e. The van der Waals surface area contributed by atoms with Crippen LogP contribution >= 0.6 is 23.2 Å². The molecule has 0 aliphatic carbocycles. The molecule has 0 unspecified atom stereocenters. The molecule has 8 nitrogen and oxygen atoms in total. The van der Waals surface area contributed by atoms with Gasteiger partial charge in [-0.25, -0.2) is 0 Å². The van der Waals surface area contributed by atoms with Crippen LogP contribution < -0.4 is 5.32 Å². The van der Waals surface area contributed by atoms with E-state index >= 15 is 0 Å². The zero-order valence-corrected chi connectivity index (χ0v) is 16.9. The van der Waals surface area contributed by atoms with E-state index in [9.17, 15) is 9.90 Å². The second-order valence-electron chi connectivity index (χ2n) is 6.41. The molecular formula is C20H15Cl2N5O3. The average Bonchev–Trinajstić information content (AvgIpc) is 3.43. The molecule has 1 amide bonds. The Morgan fingerprint density at radius 3 is 2.50 bits per heavy atom. The number of phenolic OH excluding ortho intramolecular Hbond substituents is 1. The van der Waals surface area contributed by atoms with E-state index in [2.05, 4.69) is 20.6 Å². The third kappa shape index (κ3) is 4.45. The summed E-state index contributed by atoms with van der Waals surface area (Å²) in [5.41, 5.74) is 2.42. The van der Waals surface area contributed by atoms with Crippen molar-refractivity contribution in [1.29, 1.82) is 0 Å². The molecule has 0 atom stereocenters. The quantitative estimate of drug-likeness (QED) is 0.467. The lowest BCUT2D eigenvalue weighted by atomic mass is 10.1. The Balaban J connectivity index is 1.38. The molecule has 0 spiro atoms. The fourth-order valence-corrected chi connectivity index (χ4v) is 3.21. The predicted molar refractivity (Wildman–Crippen MR) is 110 cm³/mol. The van der Waals surface area contributed by atoms with Gasteiger partial charge < -0.3 is 14.9 Å². The van der Waals surface area contributed by atoms with Crippen LogP contribution in [0.15, 0.2) is 59.4 Å². The van der Waals surface area contributed by atoms with Crippen LogP contribution in [0.25, 0.3) is 11.5 Å². The Morgan fingerprint density at radius 1 is 1.13 bits per heavy atom. The minimum absolute atomic E-state index is 0.0395. The first-order chi connectivity index (χ1) is 14.5. The molecule has 0 radical (unpaired) electrons. The highest BCUT2D eigenvalue weighted by molar-refractivity contribution is 6.37. The minimum Gasteiger partial charge on any atom is -0.505 e. The number of aromatic hydroxyl groups is 1. The second-order valence-corrected chi connectivity index (χ2v) is 7.23. The summed E-state index contributed by atoms with van der Waals surface area (Å²) in [6, 6.07) is 12.5. The number of hydrogen-bond donors (Lipinski definition) is 2. The lowest BCUT2D eigenvalue weighted by Gasteiger charge is -2.05. The van der Waals surface area contributed by atoms with Crippen molar-refractivity contribution in [3.05, 3.63) is 81.9 Å². The zero-order chi connectivity index (χ0) is 21.1. The standard InChI is InChI=1S/C20H15Cl2N5O3/c21-15-8-14(9-16(22)17(15)28)20-25-18(26-30-20)19(29)23-10-12-2-4-13(5-3-12)11-27-7-1-6-24-27/h1-9,28H,10-11H2,(H,23,29). The number of carbonyl (C=O) groups excluding carboxylic acids is 1. The maximum Gasteiger partial charge on any atom is 0.292 e. The number of nitrogens with zero attached hydrogens (tertiary/aromatic N) is 4. The predicted octanol–water partition coefficient (Wildman–Crippen LogP) is 3.92. The summed E-state index contributed by atoms with van der Waals surface area (Å²) in [6.45, 7) is 0.984. The highest BCUT2D eigenvalue weighted by atomic mass is 35.5. The number of phenols is 1. The maximum atomic E-state index is 12.3. The van der Waals surface area contributed by atoms with Gasteiger partial charge in [0.2, 0.25) is 0 Å². The molecule has 0 saturated carbocycles. The van der Waals surface area contributed by atoms with E-state index in [4.69, 9.17) is 27.7 Å². The van der Waals surface area contributed by atoms with Crippen molar-refractivity contribution >= 4 is 29.1 Å². The van der Waals surface area contributed by atoms with Gasteiger partial charge in [-0.05, 0) is 29.3 Å². The smallest absolute Gasteiger partial charge is 0.292 e. The summed E-state index contributed by atoms with van der Waals surface area (Å²) in [5, 5.41) is 20.3. The number of rotatable bonds is 6. The van der Waals surface area contributed by atoms with Crippen LogP contribution in [0.3, 0.4) is 0 Å². The van der Waals surface area contributed by atoms with Crippen LogP contribution in [-0.4, -0.2) is 30.9 Å². The van der Waals surface area contributed by atoms with Crippen LogP contribution in [0.2, 0.25) is 10.0 Å². The van der Waals surface area contributed by atoms with Crippen molar-refractivity contribution in [1.82, 2.24) is 25.2 Å². The van der Waals surface area contributed by atoms with Gasteiger partial charge in [-0.1, -0.05) is 52.6 Å². The zero-order valence-electron chi connectivity index (χ0n) is 15.4. The molecule has 2 aromatic heterocycles. The van der Waals surface area contributed by atoms with Crippen molar-refractivity contribution in [2.24, 2.45) is 0 Å². The molecule has 0 bridgehead atoms. The SMILES string of the molecule is O=C(NCc1ccc(Cn2cccn2)cc1)c1noc(-c2cc(Cl)c(O)c(Cl)c2)n1. The van der Waals surface area contributed by atoms with Gasteiger partial charge >= 0.3 is 0 Å². The topological polar surface area (TPSA) is 106 Å². The normalized spacial score (nSPS) is 10.9. The number of halogens is 2. The van der Waals surface area contributed by atoms with Gasteiger partial charge in [0.25, 0.3) is 17.6 Å². The minimum atomic E-state index is -0.485. The number of hydrogen-bond acceptors (Lipinski definition) is 6. The third-order valence-corrected chi connectivity index (χ3v) is 4.85. The molecule has 30 heavy (non-hydrogen) atoms. The molecule has 0 aliphatic heterocycles. The Hall–Kier alpha value is -3.36. The van der Waals surface area contributed by atoms with Gasteiger partial charge in [0.05, 0.1) is 16.6 Å². The fraction of sp³-hybridized carbons (Fsp3) is 0.100. The maximum absolute atomic E-state index is 12.3. The summed E-state index contributed by atoms with van der Waals surface area (Å²) in [5.74, 6) is -0.788. The van der Waals surface area contributed by atoms with Crippen LogP contribution in [0.4, 0.5) is 0 Å². The summed E-state index contributed by atoms with van der Waals surface area (Å²) in [7, 11) is 0. The van der Waals surface area contributed by atoms with Gasteiger partial charge in [-0.2, -0.15) is 10.1 Å². The Morgan fingerprint density at radius 2 is 1.83 bits per heavy atom. The fourth-order valence-electron chi connectivity index (χ4n) is 2.73. The Kier molecular flexibility index (Phi) is 5.69. The van der Waals surface area contributed by atoms with Gasteiger partial charge in [-0.3, -0.25) is 9.48 Å². The van der Waals surface area contributed by atoms with Gasteiger partial charge in [0, 0.05) is 24.5 Å². The molecule has 0 saturated heterocycles. The van der Waals surface area contributed by atoms with Crippen molar-refractivity contribution in [2.45, 2.75) is 13.1 Å². The Labute approximate surface area is 181 Å². The number of benzene rings is 2. The van der Waals surface area contributed by atoms with E-state index in [1.165, 1.54) is 12.1 Å². The monoisotopic (exact) mass is 443 g/mol. The van der Waals surface area contributed by atoms with E-state index in [0.29, 0.717) is 18.7 Å². The van der Waals surface area contributed by atoms with Crippen LogP contribution in [0, 0.1) is 0 Å². The number of amides is 1. The number of aromatic nitrogens is 4. The molecule has 2 heterocycles. The molecule has 4 rings (SSSR count). The molecule has 4 aromatic rings. The summed E-state index contributed by atoms with van der Waals surface area (Å²) in [6.07, 6.45) is 3.63. The summed E-state index contributed by atoms with van der Waals surface area (Å²) < 4.78 is 6.94. The van der Waals surface area contributed by atoms with Crippen LogP contribution in [0.1, 0.15) is 21.7 Å². The van der Waals surface area contributed by atoms with Gasteiger partial charge in [0.1, 0.15) is 0 Å². The molecule has 152 valence electrons. The summed E-state index contributed by atoms with van der Waals surface area (Å²) >= 11 is 11.8. The molecule has 0 fully saturated rings. The molecular weight excluding hydrogens is 429 g/mol. The number of carbonyl (C=O) groups is 1. The first-order valence-electron chi connectivity index (χ1n) is 8.85. The number of nitrogens with one attached hydrogen (secondary N) is 1. The van der Waals surface area contributed by atoms with E-state index in [0.717, 1.165) is 11.1 Å². The van der Waals surface area contributed by atoms with Crippen molar-refractivity contribution < 1.29 is 14.4 Å². The second kappa shape index (κ2) is 8.56. The molecule has 0 aliphatic rings. The average molecular weight is 444 g/mol. The van der Waals surface area contributed by atoms with E-state index in [1.807, 2.05) is 41.2 Å². The van der Waals surface area contributed by atoms with Crippen LogP contribution in [-0.2, 0) is 13.1 Å². The molecule has 2 N–H and O–H groups in total. The molecule has 10 heteroatoms. The first-order valence-corrected chi connectivity index (χ1v) is 9.61. The van der Waals surface area contributed by atoms with Crippen molar-refractivity contribution in [3.8, 4) is 17.2 Å². The lowest BCUT2D eigenvalue weighted by Crippen LogP contribution is -2.23. The highest BCUT2D eigenvalue weighted by Crippen LogP contribution is 2.35. The van der Waals surface area contributed by atoms with Gasteiger partial charge in [0.15, 0.2) is 5.75 Å². The van der Waals surface area contributed by atoms with Crippen LogP contribution in [0.5, 0.6) is 5.75 Å². The molecule has 2 aromatic carbocycles. The highest BCUT2D eigenvalue weighted by Gasteiger charge is 2.17. The van der Waals surface area contributed by atoms with E-state index in [1.54, 1.807) is 6.20 Å². The first kappa shape index (κ1) is 19.9. The van der Waals surface area contributed by atoms with Gasteiger partial charge in [-0.15, -0.1) is 0 Å². The van der Waals surface area contributed by atoms with Crippen molar-refractivity contribution in [3.63, 3.8) is 0 Å².